The first-order chi connectivity index (χ1) is 9.21. The molecule has 1 aromatic rings. The number of nitrogens with one attached hydrogen (secondary N) is 2. The highest BCUT2D eigenvalue weighted by Gasteiger charge is 2.09. The summed E-state index contributed by atoms with van der Waals surface area (Å²) >= 11 is 0. The molecule has 0 saturated carbocycles. The molecule has 102 valence electrons. The van der Waals surface area contributed by atoms with Crippen molar-refractivity contribution in [1.82, 2.24) is 5.32 Å². The molecule has 1 amide bonds. The Labute approximate surface area is 114 Å². The van der Waals surface area contributed by atoms with Gasteiger partial charge >= 0.3 is 0 Å². The van der Waals surface area contributed by atoms with Crippen LogP contribution in [0.1, 0.15) is 19.8 Å². The van der Waals surface area contributed by atoms with Crippen molar-refractivity contribution in [2.75, 3.05) is 19.0 Å². The number of rotatable bonds is 7. The van der Waals surface area contributed by atoms with Crippen molar-refractivity contribution in [3.63, 3.8) is 0 Å². The van der Waals surface area contributed by atoms with E-state index in [0.29, 0.717) is 11.4 Å². The van der Waals surface area contributed by atoms with Crippen LogP contribution in [0, 0.1) is 12.3 Å². The molecule has 0 aromatic heterocycles. The van der Waals surface area contributed by atoms with E-state index in [1.165, 1.54) is 0 Å². The lowest BCUT2D eigenvalue weighted by Crippen LogP contribution is -2.35. The summed E-state index contributed by atoms with van der Waals surface area (Å²) in [5.74, 6) is 3.13. The maximum Gasteiger partial charge on any atom is 0.238 e. The van der Waals surface area contributed by atoms with Gasteiger partial charge in [-0.2, -0.15) is 0 Å². The van der Waals surface area contributed by atoms with Gasteiger partial charge in [0, 0.05) is 0 Å². The van der Waals surface area contributed by atoms with Crippen LogP contribution < -0.4 is 15.4 Å². The van der Waals surface area contributed by atoms with Gasteiger partial charge in [-0.1, -0.05) is 31.4 Å². The number of carbonyl (C=O) groups excluding carboxylic acids is 1. The average molecular weight is 260 g/mol. The summed E-state index contributed by atoms with van der Waals surface area (Å²) in [6.45, 7) is 2.24. The molecular formula is C15H20N2O2. The Balaban J connectivity index is 2.49. The van der Waals surface area contributed by atoms with Gasteiger partial charge in [-0.3, -0.25) is 10.1 Å². The van der Waals surface area contributed by atoms with E-state index in [0.717, 1.165) is 12.8 Å². The fourth-order valence-corrected chi connectivity index (χ4v) is 1.69. The third kappa shape index (κ3) is 5.02. The van der Waals surface area contributed by atoms with Crippen molar-refractivity contribution in [1.29, 1.82) is 0 Å². The molecule has 0 heterocycles. The van der Waals surface area contributed by atoms with Crippen LogP contribution in [-0.2, 0) is 4.79 Å². The van der Waals surface area contributed by atoms with Crippen LogP contribution in [0.2, 0.25) is 0 Å². The minimum absolute atomic E-state index is 0.0616. The zero-order chi connectivity index (χ0) is 14.1. The standard InChI is InChI=1S/C15H20N2O2/c1-4-8-12(5-2)16-11-15(18)17-13-9-6-7-10-14(13)19-3/h2,6-7,9-10,12,16H,4,8,11H2,1,3H3,(H,17,18). The first-order valence-corrected chi connectivity index (χ1v) is 6.33. The zero-order valence-electron chi connectivity index (χ0n) is 11.4. The molecule has 0 saturated heterocycles. The van der Waals surface area contributed by atoms with Crippen LogP contribution in [-0.4, -0.2) is 25.6 Å². The number of benzene rings is 1. The molecule has 0 aliphatic rings. The summed E-state index contributed by atoms with van der Waals surface area (Å²) in [4.78, 5) is 11.8. The maximum absolute atomic E-state index is 11.8. The lowest BCUT2D eigenvalue weighted by atomic mass is 10.2. The second-order valence-corrected chi connectivity index (χ2v) is 4.14. The Bertz CT molecular complexity index is 452. The monoisotopic (exact) mass is 260 g/mol. The first-order valence-electron chi connectivity index (χ1n) is 6.33. The zero-order valence-corrected chi connectivity index (χ0v) is 11.4. The van der Waals surface area contributed by atoms with Gasteiger partial charge < -0.3 is 10.1 Å². The van der Waals surface area contributed by atoms with Gasteiger partial charge in [-0.05, 0) is 18.6 Å². The molecule has 0 fully saturated rings. The van der Waals surface area contributed by atoms with Gasteiger partial charge in [0.2, 0.25) is 5.91 Å². The summed E-state index contributed by atoms with van der Waals surface area (Å²) in [7, 11) is 1.57. The molecule has 1 atom stereocenters. The van der Waals surface area contributed by atoms with E-state index in [2.05, 4.69) is 23.5 Å². The lowest BCUT2D eigenvalue weighted by molar-refractivity contribution is -0.115. The summed E-state index contributed by atoms with van der Waals surface area (Å²) in [6.07, 6.45) is 7.22. The fraction of sp³-hybridized carbons (Fsp3) is 0.400. The Kier molecular flexibility index (Phi) is 6.48. The summed E-state index contributed by atoms with van der Waals surface area (Å²) in [6, 6.07) is 7.22. The predicted molar refractivity (Wildman–Crippen MR) is 77.2 cm³/mol. The number of amides is 1. The lowest BCUT2D eigenvalue weighted by Gasteiger charge is -2.13. The van der Waals surface area contributed by atoms with Crippen LogP contribution in [0.4, 0.5) is 5.69 Å². The van der Waals surface area contributed by atoms with Crippen molar-refractivity contribution in [2.24, 2.45) is 0 Å². The molecule has 0 radical (unpaired) electrons. The van der Waals surface area contributed by atoms with E-state index < -0.39 is 0 Å². The highest BCUT2D eigenvalue weighted by Crippen LogP contribution is 2.22. The molecule has 1 aromatic carbocycles. The SMILES string of the molecule is C#CC(CCC)NCC(=O)Nc1ccccc1OC. The van der Waals surface area contributed by atoms with Gasteiger partial charge in [-0.15, -0.1) is 6.42 Å². The molecule has 1 rings (SSSR count). The Hall–Kier alpha value is -1.99. The number of carbonyl (C=O) groups is 1. The quantitative estimate of drug-likeness (QED) is 0.737. The third-order valence-corrected chi connectivity index (χ3v) is 2.67. The van der Waals surface area contributed by atoms with Gasteiger partial charge in [0.05, 0.1) is 25.4 Å². The van der Waals surface area contributed by atoms with Crippen molar-refractivity contribution in [2.45, 2.75) is 25.8 Å². The summed E-state index contributed by atoms with van der Waals surface area (Å²) in [5, 5.41) is 5.83. The number of terminal acetylenes is 1. The van der Waals surface area contributed by atoms with E-state index in [1.807, 2.05) is 12.1 Å². The van der Waals surface area contributed by atoms with Crippen LogP contribution in [0.15, 0.2) is 24.3 Å². The van der Waals surface area contributed by atoms with Crippen molar-refractivity contribution in [3.8, 4) is 18.1 Å². The molecule has 4 nitrogen and oxygen atoms in total. The number of hydrogen-bond acceptors (Lipinski definition) is 3. The number of hydrogen-bond donors (Lipinski definition) is 2. The first kappa shape index (κ1) is 15.1. The van der Waals surface area contributed by atoms with Crippen molar-refractivity contribution in [3.05, 3.63) is 24.3 Å². The molecule has 0 spiro atoms. The topological polar surface area (TPSA) is 50.4 Å². The summed E-state index contributed by atoms with van der Waals surface area (Å²) < 4.78 is 5.16. The summed E-state index contributed by atoms with van der Waals surface area (Å²) in [5.41, 5.74) is 0.657. The highest BCUT2D eigenvalue weighted by molar-refractivity contribution is 5.93. The van der Waals surface area contributed by atoms with Crippen LogP contribution in [0.25, 0.3) is 0 Å². The minimum atomic E-state index is -0.138. The second kappa shape index (κ2) is 8.17. The van der Waals surface area contributed by atoms with Crippen LogP contribution >= 0.6 is 0 Å². The number of anilines is 1. The smallest absolute Gasteiger partial charge is 0.238 e. The molecular weight excluding hydrogens is 240 g/mol. The molecule has 1 unspecified atom stereocenters. The van der Waals surface area contributed by atoms with Crippen molar-refractivity contribution < 1.29 is 9.53 Å². The molecule has 2 N–H and O–H groups in total. The van der Waals surface area contributed by atoms with Gasteiger partial charge in [0.15, 0.2) is 0 Å². The van der Waals surface area contributed by atoms with Crippen LogP contribution in [0.3, 0.4) is 0 Å². The fourth-order valence-electron chi connectivity index (χ4n) is 1.69. The second-order valence-electron chi connectivity index (χ2n) is 4.14. The molecule has 0 aliphatic heterocycles. The van der Waals surface area contributed by atoms with E-state index in [4.69, 9.17) is 11.2 Å². The van der Waals surface area contributed by atoms with E-state index in [-0.39, 0.29) is 18.5 Å². The third-order valence-electron chi connectivity index (χ3n) is 2.67. The highest BCUT2D eigenvalue weighted by atomic mass is 16.5. The minimum Gasteiger partial charge on any atom is -0.495 e. The van der Waals surface area contributed by atoms with Crippen LogP contribution in [0.5, 0.6) is 5.75 Å². The molecule has 4 heteroatoms. The normalized spacial score (nSPS) is 11.4. The largest absolute Gasteiger partial charge is 0.495 e. The van der Waals surface area contributed by atoms with Crippen molar-refractivity contribution >= 4 is 11.6 Å². The van der Waals surface area contributed by atoms with E-state index in [1.54, 1.807) is 19.2 Å². The number of para-hydroxylation sites is 2. The molecule has 19 heavy (non-hydrogen) atoms. The molecule has 0 bridgehead atoms. The molecule has 0 aliphatic carbocycles. The van der Waals surface area contributed by atoms with Gasteiger partial charge in [0.25, 0.3) is 0 Å². The maximum atomic E-state index is 11.8. The predicted octanol–water partition coefficient (Wildman–Crippen LogP) is 2.03. The number of methoxy groups -OCH3 is 1. The van der Waals surface area contributed by atoms with E-state index >= 15 is 0 Å². The van der Waals surface area contributed by atoms with Gasteiger partial charge in [-0.25, -0.2) is 0 Å². The Morgan fingerprint density at radius 1 is 1.47 bits per heavy atom. The number of ether oxygens (including phenoxy) is 1. The van der Waals surface area contributed by atoms with E-state index in [9.17, 15) is 4.79 Å². The average Bonchev–Trinajstić information content (AvgIpc) is 2.44. The van der Waals surface area contributed by atoms with Gasteiger partial charge in [0.1, 0.15) is 5.75 Å². The Morgan fingerprint density at radius 3 is 2.84 bits per heavy atom. The Morgan fingerprint density at radius 2 is 2.21 bits per heavy atom.